The van der Waals surface area contributed by atoms with E-state index in [9.17, 15) is 4.79 Å². The van der Waals surface area contributed by atoms with Crippen molar-refractivity contribution in [3.05, 3.63) is 35.5 Å². The second-order valence-corrected chi connectivity index (χ2v) is 5.70. The van der Waals surface area contributed by atoms with Crippen molar-refractivity contribution in [3.8, 4) is 39.3 Å². The molecule has 25 heavy (non-hydrogen) atoms. The van der Waals surface area contributed by atoms with Gasteiger partial charge in [0.2, 0.25) is 5.75 Å². The summed E-state index contributed by atoms with van der Waals surface area (Å²) in [7, 11) is 4.51. The van der Waals surface area contributed by atoms with Gasteiger partial charge in [-0.15, -0.1) is 11.3 Å². The maximum atomic E-state index is 11.6. The van der Waals surface area contributed by atoms with E-state index in [1.165, 1.54) is 32.7 Å². The van der Waals surface area contributed by atoms with Crippen LogP contribution in [0.4, 0.5) is 0 Å². The molecule has 0 N–H and O–H groups in total. The Bertz CT molecular complexity index is 896. The summed E-state index contributed by atoms with van der Waals surface area (Å²) in [5.74, 6) is 1.71. The molecule has 7 nitrogen and oxygen atoms in total. The summed E-state index contributed by atoms with van der Waals surface area (Å²) in [5, 5.41) is 2.46. The number of thiazole rings is 1. The van der Waals surface area contributed by atoms with Gasteiger partial charge in [0.15, 0.2) is 28.6 Å². The second-order valence-electron chi connectivity index (χ2n) is 4.84. The van der Waals surface area contributed by atoms with E-state index in [4.69, 9.17) is 14.2 Å². The molecule has 1 aromatic carbocycles. The summed E-state index contributed by atoms with van der Waals surface area (Å²) in [6.45, 7) is 0. The van der Waals surface area contributed by atoms with Gasteiger partial charge >= 0.3 is 0 Å². The van der Waals surface area contributed by atoms with E-state index in [-0.39, 0.29) is 0 Å². The molecule has 0 aliphatic rings. The molecule has 0 saturated carbocycles. The van der Waals surface area contributed by atoms with E-state index in [1.807, 2.05) is 5.38 Å². The summed E-state index contributed by atoms with van der Waals surface area (Å²) in [5.41, 5.74) is 1.50. The van der Waals surface area contributed by atoms with E-state index < -0.39 is 0 Å². The number of carbonyl (C=O) groups excluding carboxylic acids is 1. The smallest absolute Gasteiger partial charge is 0.204 e. The molecule has 2 aromatic heterocycles. The van der Waals surface area contributed by atoms with Gasteiger partial charge in [0.1, 0.15) is 0 Å². The van der Waals surface area contributed by atoms with Gasteiger partial charge in [-0.1, -0.05) is 0 Å². The van der Waals surface area contributed by atoms with Gasteiger partial charge in [-0.25, -0.2) is 15.0 Å². The molecule has 2 heterocycles. The van der Waals surface area contributed by atoms with E-state index in [0.29, 0.717) is 44.9 Å². The SMILES string of the molecule is COc1cc(C=O)c(-c2csc(-c3ncccn3)n2)c(OC)c1OC. The van der Waals surface area contributed by atoms with Crippen LogP contribution in [0.2, 0.25) is 0 Å². The predicted octanol–water partition coefficient (Wildman–Crippen LogP) is 3.11. The van der Waals surface area contributed by atoms with Crippen LogP contribution >= 0.6 is 11.3 Å². The molecule has 3 rings (SSSR count). The lowest BCUT2D eigenvalue weighted by Crippen LogP contribution is -2.00. The van der Waals surface area contributed by atoms with Crippen molar-refractivity contribution in [2.24, 2.45) is 0 Å². The van der Waals surface area contributed by atoms with Gasteiger partial charge < -0.3 is 14.2 Å². The lowest BCUT2D eigenvalue weighted by Gasteiger charge is -2.16. The minimum Gasteiger partial charge on any atom is -0.493 e. The lowest BCUT2D eigenvalue weighted by atomic mass is 10.0. The van der Waals surface area contributed by atoms with Crippen LogP contribution in [0.15, 0.2) is 29.9 Å². The first-order valence-electron chi connectivity index (χ1n) is 7.24. The summed E-state index contributed by atoms with van der Waals surface area (Å²) in [6.07, 6.45) is 4.03. The highest BCUT2D eigenvalue weighted by molar-refractivity contribution is 7.13. The molecule has 0 aliphatic heterocycles. The van der Waals surface area contributed by atoms with Crippen LogP contribution in [0.3, 0.4) is 0 Å². The molecule has 0 spiro atoms. The second kappa shape index (κ2) is 7.27. The van der Waals surface area contributed by atoms with Gasteiger partial charge in [0, 0.05) is 23.3 Å². The number of hydrogen-bond acceptors (Lipinski definition) is 8. The molecule has 0 radical (unpaired) electrons. The molecule has 0 amide bonds. The molecule has 0 aliphatic carbocycles. The number of aromatic nitrogens is 3. The first-order chi connectivity index (χ1) is 12.2. The first-order valence-corrected chi connectivity index (χ1v) is 8.12. The first kappa shape index (κ1) is 16.8. The summed E-state index contributed by atoms with van der Waals surface area (Å²) in [6, 6.07) is 3.33. The third-order valence-corrected chi connectivity index (χ3v) is 4.34. The Labute approximate surface area is 148 Å². The standard InChI is InChI=1S/C17H15N3O4S/c1-22-12-7-10(8-21)13(15(24-3)14(12)23-2)11-9-25-17(20-11)16-18-5-4-6-19-16/h4-9H,1-3H3. The summed E-state index contributed by atoms with van der Waals surface area (Å²) in [4.78, 5) is 24.6. The van der Waals surface area contributed by atoms with Crippen molar-refractivity contribution in [3.63, 3.8) is 0 Å². The topological polar surface area (TPSA) is 83.4 Å². The molecule has 3 aromatic rings. The van der Waals surface area contributed by atoms with Crippen molar-refractivity contribution in [2.75, 3.05) is 21.3 Å². The zero-order valence-electron chi connectivity index (χ0n) is 13.8. The van der Waals surface area contributed by atoms with Crippen LogP contribution in [0.1, 0.15) is 10.4 Å². The minimum absolute atomic E-state index is 0.384. The number of ether oxygens (including phenoxy) is 3. The fourth-order valence-electron chi connectivity index (χ4n) is 2.43. The van der Waals surface area contributed by atoms with Crippen LogP contribution in [-0.2, 0) is 0 Å². The Hall–Kier alpha value is -3.00. The van der Waals surface area contributed by atoms with Crippen molar-refractivity contribution >= 4 is 17.6 Å². The third-order valence-electron chi connectivity index (χ3n) is 3.50. The largest absolute Gasteiger partial charge is 0.493 e. The van der Waals surface area contributed by atoms with E-state index in [1.54, 1.807) is 24.5 Å². The van der Waals surface area contributed by atoms with Crippen LogP contribution in [0.25, 0.3) is 22.1 Å². The van der Waals surface area contributed by atoms with Crippen LogP contribution in [0.5, 0.6) is 17.2 Å². The third kappa shape index (κ3) is 3.03. The van der Waals surface area contributed by atoms with E-state index in [2.05, 4.69) is 15.0 Å². The number of hydrogen-bond donors (Lipinski definition) is 0. The van der Waals surface area contributed by atoms with Crippen molar-refractivity contribution in [1.29, 1.82) is 0 Å². The number of rotatable bonds is 6. The van der Waals surface area contributed by atoms with Crippen molar-refractivity contribution < 1.29 is 19.0 Å². The zero-order valence-corrected chi connectivity index (χ0v) is 14.7. The number of methoxy groups -OCH3 is 3. The van der Waals surface area contributed by atoms with Crippen LogP contribution in [-0.4, -0.2) is 42.6 Å². The average molecular weight is 357 g/mol. The fraction of sp³-hybridized carbons (Fsp3) is 0.176. The van der Waals surface area contributed by atoms with Crippen molar-refractivity contribution in [2.45, 2.75) is 0 Å². The van der Waals surface area contributed by atoms with Gasteiger partial charge in [-0.2, -0.15) is 0 Å². The number of carbonyl (C=O) groups is 1. The Morgan fingerprint density at radius 1 is 1.04 bits per heavy atom. The normalized spacial score (nSPS) is 10.4. The highest BCUT2D eigenvalue weighted by Crippen LogP contribution is 2.46. The molecule has 0 unspecified atom stereocenters. The average Bonchev–Trinajstić information content (AvgIpc) is 3.16. The number of benzene rings is 1. The molecule has 0 fully saturated rings. The van der Waals surface area contributed by atoms with E-state index in [0.717, 1.165) is 6.29 Å². The summed E-state index contributed by atoms with van der Waals surface area (Å²) < 4.78 is 16.2. The predicted molar refractivity (Wildman–Crippen MR) is 93.6 cm³/mol. The molecule has 8 heteroatoms. The Balaban J connectivity index is 2.20. The minimum atomic E-state index is 0.384. The van der Waals surface area contributed by atoms with Gasteiger partial charge in [-0.3, -0.25) is 4.79 Å². The van der Waals surface area contributed by atoms with Gasteiger partial charge in [0.05, 0.1) is 32.6 Å². The maximum absolute atomic E-state index is 11.6. The van der Waals surface area contributed by atoms with Crippen LogP contribution < -0.4 is 14.2 Å². The fourth-order valence-corrected chi connectivity index (χ4v) is 3.19. The Morgan fingerprint density at radius 3 is 2.36 bits per heavy atom. The monoisotopic (exact) mass is 357 g/mol. The van der Waals surface area contributed by atoms with Gasteiger partial charge in [0.25, 0.3) is 0 Å². The number of aldehydes is 1. The highest BCUT2D eigenvalue weighted by atomic mass is 32.1. The zero-order chi connectivity index (χ0) is 17.8. The van der Waals surface area contributed by atoms with Crippen molar-refractivity contribution in [1.82, 2.24) is 15.0 Å². The maximum Gasteiger partial charge on any atom is 0.204 e. The quantitative estimate of drug-likeness (QED) is 0.627. The molecule has 0 saturated heterocycles. The molecular weight excluding hydrogens is 342 g/mol. The number of nitrogens with zero attached hydrogens (tertiary/aromatic N) is 3. The Morgan fingerprint density at radius 2 is 1.76 bits per heavy atom. The lowest BCUT2D eigenvalue weighted by molar-refractivity contribution is 0.112. The molecular formula is C17H15N3O4S. The van der Waals surface area contributed by atoms with Crippen LogP contribution in [0, 0.1) is 0 Å². The Kier molecular flexibility index (Phi) is 4.90. The van der Waals surface area contributed by atoms with E-state index >= 15 is 0 Å². The molecule has 0 bridgehead atoms. The molecule has 0 atom stereocenters. The highest BCUT2D eigenvalue weighted by Gasteiger charge is 2.23. The molecule has 128 valence electrons. The van der Waals surface area contributed by atoms with Gasteiger partial charge in [-0.05, 0) is 12.1 Å². The summed E-state index contributed by atoms with van der Waals surface area (Å²) >= 11 is 1.38.